The first kappa shape index (κ1) is 8.51. The van der Waals surface area contributed by atoms with Crippen LogP contribution < -0.4 is 0 Å². The molecule has 0 spiro atoms. The smallest absolute Gasteiger partial charge is 0.178 e. The summed E-state index contributed by atoms with van der Waals surface area (Å²) in [5.41, 5.74) is 3.63. The number of imidazole rings is 1. The number of aryl methyl sites for hydroxylation is 2. The van der Waals surface area contributed by atoms with Crippen LogP contribution in [0, 0.1) is 11.7 Å². The summed E-state index contributed by atoms with van der Waals surface area (Å²) in [4.78, 5) is 3.20. The van der Waals surface area contributed by atoms with E-state index in [1.807, 2.05) is 6.07 Å². The van der Waals surface area contributed by atoms with Crippen molar-refractivity contribution in [1.82, 2.24) is 9.55 Å². The highest BCUT2D eigenvalue weighted by atomic mass is 32.1. The molecule has 1 heterocycles. The van der Waals surface area contributed by atoms with E-state index in [-0.39, 0.29) is 0 Å². The predicted octanol–water partition coefficient (Wildman–Crippen LogP) is 3.03. The average Bonchev–Trinajstić information content (AvgIpc) is 2.42. The average molecular weight is 192 g/mol. The van der Waals surface area contributed by atoms with E-state index < -0.39 is 0 Å². The predicted molar refractivity (Wildman–Crippen MR) is 57.5 cm³/mol. The van der Waals surface area contributed by atoms with Crippen LogP contribution in [-0.4, -0.2) is 9.55 Å². The van der Waals surface area contributed by atoms with Gasteiger partial charge < -0.3 is 9.55 Å². The molecule has 0 aliphatic heterocycles. The Kier molecular flexibility index (Phi) is 1.96. The summed E-state index contributed by atoms with van der Waals surface area (Å²) >= 11 is 5.22. The van der Waals surface area contributed by atoms with Gasteiger partial charge in [-0.25, -0.2) is 0 Å². The molecule has 2 rings (SSSR count). The molecule has 0 saturated carbocycles. The van der Waals surface area contributed by atoms with Gasteiger partial charge in [-0.2, -0.15) is 0 Å². The van der Waals surface area contributed by atoms with E-state index in [0.717, 1.165) is 16.8 Å². The maximum Gasteiger partial charge on any atom is 0.178 e. The van der Waals surface area contributed by atoms with Crippen LogP contribution in [0.4, 0.5) is 0 Å². The van der Waals surface area contributed by atoms with Crippen molar-refractivity contribution >= 4 is 23.3 Å². The molecule has 3 heteroatoms. The number of para-hydroxylation sites is 1. The summed E-state index contributed by atoms with van der Waals surface area (Å²) in [7, 11) is 0. The Morgan fingerprint density at radius 1 is 1.46 bits per heavy atom. The Hall–Kier alpha value is -1.09. The van der Waals surface area contributed by atoms with Crippen molar-refractivity contribution < 1.29 is 0 Å². The van der Waals surface area contributed by atoms with Gasteiger partial charge in [-0.05, 0) is 37.7 Å². The fraction of sp³-hybridized carbons (Fsp3) is 0.300. The van der Waals surface area contributed by atoms with E-state index in [1.54, 1.807) is 0 Å². The monoisotopic (exact) mass is 192 g/mol. The molecule has 0 saturated heterocycles. The molecule has 2 aromatic rings. The molecule has 2 nitrogen and oxygen atoms in total. The van der Waals surface area contributed by atoms with Crippen LogP contribution in [-0.2, 0) is 6.54 Å². The zero-order valence-electron chi connectivity index (χ0n) is 7.79. The van der Waals surface area contributed by atoms with Gasteiger partial charge in [-0.3, -0.25) is 0 Å². The number of hydrogen-bond acceptors (Lipinski definition) is 1. The number of H-pyrrole nitrogens is 1. The van der Waals surface area contributed by atoms with Gasteiger partial charge in [0.15, 0.2) is 4.77 Å². The number of fused-ring (bicyclic) bond motifs is 1. The van der Waals surface area contributed by atoms with Gasteiger partial charge in [0.2, 0.25) is 0 Å². The molecule has 13 heavy (non-hydrogen) atoms. The molecule has 0 aliphatic carbocycles. The lowest BCUT2D eigenvalue weighted by molar-refractivity contribution is 0.772. The molecule has 0 bridgehead atoms. The van der Waals surface area contributed by atoms with Crippen LogP contribution in [0.1, 0.15) is 12.5 Å². The van der Waals surface area contributed by atoms with Crippen LogP contribution in [0.25, 0.3) is 11.0 Å². The molecule has 0 atom stereocenters. The van der Waals surface area contributed by atoms with E-state index in [4.69, 9.17) is 12.2 Å². The zero-order chi connectivity index (χ0) is 9.42. The number of nitrogens with one attached hydrogen (secondary N) is 1. The lowest BCUT2D eigenvalue weighted by Gasteiger charge is -2.01. The number of rotatable bonds is 1. The standard InChI is InChI=1S/C10H12N2S/c1-3-12-9-7(2)5-4-6-8(9)11-10(12)13/h4-6H,3H2,1-2H3,(H,11,13). The number of aromatic nitrogens is 2. The third-order valence-electron chi connectivity index (χ3n) is 2.31. The molecule has 0 fully saturated rings. The van der Waals surface area contributed by atoms with E-state index in [0.29, 0.717) is 0 Å². The van der Waals surface area contributed by atoms with Gasteiger partial charge in [0, 0.05) is 6.54 Å². The SMILES string of the molecule is CCn1c(=S)[nH]c2cccc(C)c21. The summed E-state index contributed by atoms with van der Waals surface area (Å²) in [6.45, 7) is 5.14. The van der Waals surface area contributed by atoms with Crippen molar-refractivity contribution in [3.8, 4) is 0 Å². The number of aromatic amines is 1. The van der Waals surface area contributed by atoms with Crippen molar-refractivity contribution in [2.75, 3.05) is 0 Å². The molecule has 1 aromatic carbocycles. The number of benzene rings is 1. The molecule has 0 aliphatic rings. The molecular weight excluding hydrogens is 180 g/mol. The molecule has 0 unspecified atom stereocenters. The minimum atomic E-state index is 0.812. The van der Waals surface area contributed by atoms with Crippen LogP contribution >= 0.6 is 12.2 Å². The molecule has 1 N–H and O–H groups in total. The minimum Gasteiger partial charge on any atom is -0.331 e. The lowest BCUT2D eigenvalue weighted by Crippen LogP contribution is -1.94. The molecular formula is C10H12N2S. The first-order valence-corrected chi connectivity index (χ1v) is 4.83. The third-order valence-corrected chi connectivity index (χ3v) is 2.63. The largest absolute Gasteiger partial charge is 0.331 e. The molecule has 68 valence electrons. The maximum absolute atomic E-state index is 5.22. The quantitative estimate of drug-likeness (QED) is 0.689. The normalized spacial score (nSPS) is 10.9. The van der Waals surface area contributed by atoms with Crippen molar-refractivity contribution in [3.63, 3.8) is 0 Å². The van der Waals surface area contributed by atoms with Crippen LogP contribution in [0.2, 0.25) is 0 Å². The fourth-order valence-corrected chi connectivity index (χ4v) is 2.03. The highest BCUT2D eigenvalue weighted by Gasteiger charge is 2.03. The van der Waals surface area contributed by atoms with Crippen LogP contribution in [0.15, 0.2) is 18.2 Å². The van der Waals surface area contributed by atoms with Gasteiger partial charge in [-0.15, -0.1) is 0 Å². The second kappa shape index (κ2) is 3.00. The summed E-state index contributed by atoms with van der Waals surface area (Å²) < 4.78 is 2.94. The van der Waals surface area contributed by atoms with Crippen molar-refractivity contribution in [2.45, 2.75) is 20.4 Å². The topological polar surface area (TPSA) is 20.7 Å². The summed E-state index contributed by atoms with van der Waals surface area (Å²) in [5, 5.41) is 0. The van der Waals surface area contributed by atoms with Gasteiger partial charge >= 0.3 is 0 Å². The summed E-state index contributed by atoms with van der Waals surface area (Å²) in [6.07, 6.45) is 0. The fourth-order valence-electron chi connectivity index (χ4n) is 1.70. The molecule has 1 aromatic heterocycles. The number of hydrogen-bond donors (Lipinski definition) is 1. The Balaban J connectivity index is 2.96. The summed E-state index contributed by atoms with van der Waals surface area (Å²) in [5.74, 6) is 0. The Bertz CT molecular complexity index is 493. The van der Waals surface area contributed by atoms with E-state index >= 15 is 0 Å². The van der Waals surface area contributed by atoms with Crippen LogP contribution in [0.3, 0.4) is 0 Å². The van der Waals surface area contributed by atoms with E-state index in [1.165, 1.54) is 11.1 Å². The maximum atomic E-state index is 5.22. The zero-order valence-corrected chi connectivity index (χ0v) is 8.61. The van der Waals surface area contributed by atoms with Gasteiger partial charge in [0.25, 0.3) is 0 Å². The van der Waals surface area contributed by atoms with E-state index in [2.05, 4.69) is 35.5 Å². The Morgan fingerprint density at radius 3 is 2.92 bits per heavy atom. The van der Waals surface area contributed by atoms with Gasteiger partial charge in [-0.1, -0.05) is 12.1 Å². The van der Waals surface area contributed by atoms with E-state index in [9.17, 15) is 0 Å². The minimum absolute atomic E-state index is 0.812. The Labute approximate surface area is 82.2 Å². The first-order valence-electron chi connectivity index (χ1n) is 4.42. The lowest BCUT2D eigenvalue weighted by atomic mass is 10.2. The Morgan fingerprint density at radius 2 is 2.23 bits per heavy atom. The molecule has 0 radical (unpaired) electrons. The number of nitrogens with zero attached hydrogens (tertiary/aromatic N) is 1. The highest BCUT2D eigenvalue weighted by Crippen LogP contribution is 2.17. The van der Waals surface area contributed by atoms with Crippen LogP contribution in [0.5, 0.6) is 0 Å². The second-order valence-electron chi connectivity index (χ2n) is 3.15. The highest BCUT2D eigenvalue weighted by molar-refractivity contribution is 7.71. The third kappa shape index (κ3) is 1.20. The van der Waals surface area contributed by atoms with Gasteiger partial charge in [0.1, 0.15) is 0 Å². The summed E-state index contributed by atoms with van der Waals surface area (Å²) in [6, 6.07) is 6.21. The second-order valence-corrected chi connectivity index (χ2v) is 3.53. The van der Waals surface area contributed by atoms with Gasteiger partial charge in [0.05, 0.1) is 11.0 Å². The molecule has 0 amide bonds. The first-order chi connectivity index (χ1) is 6.24. The van der Waals surface area contributed by atoms with Crippen molar-refractivity contribution in [1.29, 1.82) is 0 Å². The van der Waals surface area contributed by atoms with Crippen molar-refractivity contribution in [3.05, 3.63) is 28.5 Å². The van der Waals surface area contributed by atoms with Crippen molar-refractivity contribution in [2.24, 2.45) is 0 Å².